The van der Waals surface area contributed by atoms with E-state index in [-0.39, 0.29) is 47.9 Å². The molecule has 2 N–H and O–H groups in total. The summed E-state index contributed by atoms with van der Waals surface area (Å²) in [5.74, 6) is -1.16. The van der Waals surface area contributed by atoms with Gasteiger partial charge in [0.25, 0.3) is 0 Å². The molecule has 0 radical (unpaired) electrons. The molecule has 8 aliphatic rings. The van der Waals surface area contributed by atoms with E-state index >= 15 is 4.39 Å². The summed E-state index contributed by atoms with van der Waals surface area (Å²) < 4.78 is 29.1. The Kier molecular flexibility index (Phi) is 9.48. The Morgan fingerprint density at radius 3 is 2.39 bits per heavy atom. The maximum Gasteiger partial charge on any atom is 0.306 e. The summed E-state index contributed by atoms with van der Waals surface area (Å²) in [7, 11) is 0. The maximum atomic E-state index is 17.6. The lowest BCUT2D eigenvalue weighted by atomic mass is 9.44. The van der Waals surface area contributed by atoms with E-state index in [1.165, 1.54) is 5.57 Å². The number of carbonyl (C=O) groups excluding carboxylic acids is 4. The molecule has 0 heterocycles. The van der Waals surface area contributed by atoms with Crippen molar-refractivity contribution in [1.82, 2.24) is 0 Å². The molecule has 8 rings (SSSR count). The summed E-state index contributed by atoms with van der Waals surface area (Å²) in [6, 6.07) is 0. The van der Waals surface area contributed by atoms with Gasteiger partial charge in [-0.1, -0.05) is 70.6 Å². The zero-order valence-electron chi connectivity index (χ0n) is 34.3. The van der Waals surface area contributed by atoms with Crippen LogP contribution in [0.5, 0.6) is 0 Å². The fourth-order valence-electron chi connectivity index (χ4n) is 15.0. The highest BCUT2D eigenvalue weighted by molar-refractivity contribution is 5.92. The van der Waals surface area contributed by atoms with Crippen LogP contribution in [-0.4, -0.2) is 63.8 Å². The predicted octanol–water partition coefficient (Wildman–Crippen LogP) is 7.90. The van der Waals surface area contributed by atoms with Crippen LogP contribution in [0.15, 0.2) is 47.6 Å². The molecule has 0 spiro atoms. The van der Waals surface area contributed by atoms with Gasteiger partial charge in [-0.2, -0.15) is 0 Å². The number of Topliss-reactive ketones (excluding diaryl/α,β-unsaturated/α-hetero) is 1. The normalized spacial score (nSPS) is 48.9. The minimum absolute atomic E-state index is 0.0605. The van der Waals surface area contributed by atoms with E-state index in [0.717, 1.165) is 49.7 Å². The number of hydrogen-bond acceptors (Lipinski definition) is 8. The molecule has 0 aromatic heterocycles. The van der Waals surface area contributed by atoms with Gasteiger partial charge in [0.2, 0.25) is 5.78 Å². The van der Waals surface area contributed by atoms with Gasteiger partial charge in [0.05, 0.1) is 18.9 Å². The first-order valence-electron chi connectivity index (χ1n) is 21.5. The van der Waals surface area contributed by atoms with E-state index in [0.29, 0.717) is 49.4 Å². The van der Waals surface area contributed by atoms with E-state index < -0.39 is 64.4 Å². The van der Waals surface area contributed by atoms with Crippen molar-refractivity contribution in [2.45, 2.75) is 148 Å². The van der Waals surface area contributed by atoms with Gasteiger partial charge >= 0.3 is 11.9 Å². The molecule has 0 aromatic carbocycles. The first-order chi connectivity index (χ1) is 26.2. The van der Waals surface area contributed by atoms with Crippen molar-refractivity contribution < 1.29 is 43.3 Å². The third kappa shape index (κ3) is 5.40. The van der Waals surface area contributed by atoms with Crippen LogP contribution < -0.4 is 0 Å². The second-order valence-electron chi connectivity index (χ2n) is 20.5. The van der Waals surface area contributed by atoms with Crippen LogP contribution in [-0.2, 0) is 28.7 Å². The van der Waals surface area contributed by atoms with Crippen LogP contribution in [0.25, 0.3) is 0 Å². The number of aliphatic hydroxyl groups excluding tert-OH is 1. The summed E-state index contributed by atoms with van der Waals surface area (Å²) in [5.41, 5.74) is -3.10. The Labute approximate surface area is 331 Å². The van der Waals surface area contributed by atoms with E-state index in [1.807, 2.05) is 25.2 Å². The number of esters is 2. The first-order valence-corrected chi connectivity index (χ1v) is 21.5. The minimum atomic E-state index is -1.98. The summed E-state index contributed by atoms with van der Waals surface area (Å²) >= 11 is 0. The maximum absolute atomic E-state index is 17.6. The molecule has 15 unspecified atom stereocenters. The van der Waals surface area contributed by atoms with E-state index in [1.54, 1.807) is 19.9 Å². The lowest BCUT2D eigenvalue weighted by Gasteiger charge is -2.62. The van der Waals surface area contributed by atoms with E-state index in [2.05, 4.69) is 27.4 Å². The van der Waals surface area contributed by atoms with Gasteiger partial charge in [0.1, 0.15) is 11.7 Å². The highest BCUT2D eigenvalue weighted by Gasteiger charge is 2.75. The number of fused-ring (bicyclic) bond motifs is 10. The predicted molar refractivity (Wildman–Crippen MR) is 208 cm³/mol. The van der Waals surface area contributed by atoms with Crippen molar-refractivity contribution in [3.8, 4) is 0 Å². The average Bonchev–Trinajstić information content (AvgIpc) is 3.57. The molecule has 15 atom stereocenters. The molecular formula is C47H63FO8. The van der Waals surface area contributed by atoms with Crippen LogP contribution in [0.1, 0.15) is 125 Å². The smallest absolute Gasteiger partial charge is 0.306 e. The Morgan fingerprint density at radius 2 is 1.64 bits per heavy atom. The standard InChI is InChI=1S/C47H63FO8/c1-26-14-19-44(6)29(20-26)8-9-32-35-22-28(3)47(54,45(35,7)24-36(50)46(32,44)48)37(51)25-55-39(52)12-13-40(53)56-38-11-10-33-41-27(2)21-30-23-31(49)15-17-42(30,4)34(41)16-18-43(33,38)5/h14,19-20,23,27-28,32-36,38,41,50,54H,1,8-13,15-18,21-22,24-25H2,2-7H3. The number of alkyl halides is 1. The third-order valence-electron chi connectivity index (χ3n) is 18.1. The number of ether oxygens (including phenoxy) is 2. The molecule has 9 heteroatoms. The molecule has 0 amide bonds. The van der Waals surface area contributed by atoms with Gasteiger partial charge in [-0.05, 0) is 124 Å². The van der Waals surface area contributed by atoms with Crippen molar-refractivity contribution in [3.05, 3.63) is 47.6 Å². The third-order valence-corrected chi connectivity index (χ3v) is 18.1. The van der Waals surface area contributed by atoms with Crippen molar-refractivity contribution in [1.29, 1.82) is 0 Å². The van der Waals surface area contributed by atoms with Crippen molar-refractivity contribution >= 4 is 23.5 Å². The zero-order valence-corrected chi connectivity index (χ0v) is 34.3. The van der Waals surface area contributed by atoms with Crippen LogP contribution in [0, 0.1) is 63.1 Å². The average molecular weight is 775 g/mol. The quantitative estimate of drug-likeness (QED) is 0.250. The summed E-state index contributed by atoms with van der Waals surface area (Å²) in [6.45, 7) is 15.7. The molecule has 6 fully saturated rings. The fourth-order valence-corrected chi connectivity index (χ4v) is 15.0. The molecule has 8 aliphatic carbocycles. The van der Waals surface area contributed by atoms with Crippen LogP contribution >= 0.6 is 0 Å². The van der Waals surface area contributed by atoms with E-state index in [9.17, 15) is 29.4 Å². The van der Waals surface area contributed by atoms with Gasteiger partial charge in [-0.25, -0.2) is 4.39 Å². The Morgan fingerprint density at radius 1 is 0.911 bits per heavy atom. The molecule has 0 aliphatic heterocycles. The summed E-state index contributed by atoms with van der Waals surface area (Å²) in [4.78, 5) is 52.5. The number of rotatable bonds is 7. The van der Waals surface area contributed by atoms with Gasteiger partial charge in [0.15, 0.2) is 18.1 Å². The molecular weight excluding hydrogens is 712 g/mol. The Hall–Kier alpha value is -2.91. The fraction of sp³-hybridized carbons (Fsp3) is 0.745. The second kappa shape index (κ2) is 13.3. The molecule has 6 saturated carbocycles. The zero-order chi connectivity index (χ0) is 40.4. The summed E-state index contributed by atoms with van der Waals surface area (Å²) in [6.07, 6.45) is 13.1. The highest BCUT2D eigenvalue weighted by atomic mass is 19.1. The van der Waals surface area contributed by atoms with Crippen molar-refractivity contribution in [2.24, 2.45) is 63.1 Å². The lowest BCUT2D eigenvalue weighted by Crippen LogP contribution is -2.69. The summed E-state index contributed by atoms with van der Waals surface area (Å²) in [5, 5.41) is 24.0. The number of halogens is 1. The van der Waals surface area contributed by atoms with Gasteiger partial charge in [0, 0.05) is 28.6 Å². The first kappa shape index (κ1) is 39.9. The molecule has 8 nitrogen and oxygen atoms in total. The number of hydrogen-bond donors (Lipinski definition) is 2. The SMILES string of the molecule is C=C1C=CC2(C)C(=C1)CCC1C3CC(C)C(O)(C(=O)COC(=O)CCC(=O)OC4CCC5C6C(C)CC7=CC(=O)CCC7(C)C6CCC45C)C3(C)CC(O)C12F. The second-order valence-corrected chi connectivity index (χ2v) is 20.5. The largest absolute Gasteiger partial charge is 0.462 e. The minimum Gasteiger partial charge on any atom is -0.462 e. The van der Waals surface area contributed by atoms with E-state index in [4.69, 9.17) is 9.47 Å². The van der Waals surface area contributed by atoms with Crippen molar-refractivity contribution in [2.75, 3.05) is 6.61 Å². The molecule has 306 valence electrons. The van der Waals surface area contributed by atoms with Crippen LogP contribution in [0.3, 0.4) is 0 Å². The van der Waals surface area contributed by atoms with Crippen molar-refractivity contribution in [3.63, 3.8) is 0 Å². The van der Waals surface area contributed by atoms with Gasteiger partial charge in [-0.3, -0.25) is 19.2 Å². The Bertz CT molecular complexity index is 1830. The van der Waals surface area contributed by atoms with Crippen LogP contribution in [0.2, 0.25) is 0 Å². The number of allylic oxidation sites excluding steroid dienone is 6. The topological polar surface area (TPSA) is 127 Å². The lowest BCUT2D eigenvalue weighted by molar-refractivity contribution is -0.219. The van der Waals surface area contributed by atoms with Crippen LogP contribution in [0.4, 0.5) is 4.39 Å². The monoisotopic (exact) mass is 774 g/mol. The molecule has 56 heavy (non-hydrogen) atoms. The van der Waals surface area contributed by atoms with Gasteiger partial charge < -0.3 is 19.7 Å². The molecule has 0 aromatic rings. The number of carbonyl (C=O) groups is 4. The number of aliphatic hydroxyl groups is 2. The number of ketones is 2. The Balaban J connectivity index is 0.870. The van der Waals surface area contributed by atoms with Gasteiger partial charge in [-0.15, -0.1) is 0 Å². The molecule has 0 saturated heterocycles. The highest BCUT2D eigenvalue weighted by Crippen LogP contribution is 2.71. The molecule has 0 bridgehead atoms.